The molecule has 0 bridgehead atoms. The molecule has 114 valence electrons. The number of nitrogens with one attached hydrogen (secondary N) is 1. The van der Waals surface area contributed by atoms with Crippen molar-refractivity contribution in [3.63, 3.8) is 0 Å². The first-order valence-electron chi connectivity index (χ1n) is 6.51. The normalized spacial score (nSPS) is 17.4. The van der Waals surface area contributed by atoms with Crippen molar-refractivity contribution >= 4 is 17.7 Å². The number of carboxylic acids is 1. The summed E-state index contributed by atoms with van der Waals surface area (Å²) in [7, 11) is 0. The third-order valence-electron chi connectivity index (χ3n) is 3.16. The van der Waals surface area contributed by atoms with Gasteiger partial charge in [0, 0.05) is 12.2 Å². The zero-order valence-electron chi connectivity index (χ0n) is 11.9. The summed E-state index contributed by atoms with van der Waals surface area (Å²) in [6.07, 6.45) is 0. The number of carbonyl (C=O) groups is 2. The van der Waals surface area contributed by atoms with Gasteiger partial charge >= 0.3 is 12.0 Å². The van der Waals surface area contributed by atoms with Gasteiger partial charge in [-0.1, -0.05) is 0 Å². The molecule has 6 nitrogen and oxygen atoms in total. The van der Waals surface area contributed by atoms with Crippen LogP contribution in [0.15, 0.2) is 18.2 Å². The van der Waals surface area contributed by atoms with Gasteiger partial charge in [0.15, 0.2) is 0 Å². The van der Waals surface area contributed by atoms with E-state index in [1.54, 1.807) is 4.90 Å². The van der Waals surface area contributed by atoms with Gasteiger partial charge in [0.25, 0.3) is 0 Å². The minimum absolute atomic E-state index is 0.239. The number of nitrogens with zero attached hydrogens (tertiary/aromatic N) is 1. The second-order valence-corrected chi connectivity index (χ2v) is 5.46. The third kappa shape index (κ3) is 3.69. The molecule has 2 amide bonds. The van der Waals surface area contributed by atoms with Crippen LogP contribution < -0.4 is 5.32 Å². The molecule has 2 N–H and O–H groups in total. The molecule has 7 heteroatoms. The molecular weight excluding hydrogens is 279 g/mol. The minimum atomic E-state index is -1.38. The van der Waals surface area contributed by atoms with Crippen molar-refractivity contribution in [3.05, 3.63) is 29.6 Å². The molecule has 0 aliphatic carbocycles. The van der Waals surface area contributed by atoms with Crippen LogP contribution in [-0.4, -0.2) is 47.3 Å². The summed E-state index contributed by atoms with van der Waals surface area (Å²) in [5, 5.41) is 11.4. The van der Waals surface area contributed by atoms with Crippen molar-refractivity contribution in [1.82, 2.24) is 4.90 Å². The Morgan fingerprint density at radius 1 is 1.43 bits per heavy atom. The summed E-state index contributed by atoms with van der Waals surface area (Å²) in [4.78, 5) is 24.6. The van der Waals surface area contributed by atoms with E-state index in [2.05, 4.69) is 5.32 Å². The monoisotopic (exact) mass is 296 g/mol. The Hall–Kier alpha value is -2.15. The lowest BCUT2D eigenvalue weighted by Crippen LogP contribution is -2.51. The Bertz CT molecular complexity index is 574. The van der Waals surface area contributed by atoms with Crippen molar-refractivity contribution in [2.45, 2.75) is 19.4 Å². The van der Waals surface area contributed by atoms with Crippen LogP contribution in [0.25, 0.3) is 0 Å². The Labute approximate surface area is 121 Å². The predicted octanol–water partition coefficient (Wildman–Crippen LogP) is 2.17. The Morgan fingerprint density at radius 3 is 2.76 bits per heavy atom. The molecule has 21 heavy (non-hydrogen) atoms. The van der Waals surface area contributed by atoms with Gasteiger partial charge in [0.2, 0.25) is 0 Å². The molecule has 1 saturated heterocycles. The van der Waals surface area contributed by atoms with Crippen LogP contribution in [0.2, 0.25) is 0 Å². The van der Waals surface area contributed by atoms with E-state index in [9.17, 15) is 14.0 Å². The van der Waals surface area contributed by atoms with Gasteiger partial charge in [-0.05, 0) is 32.0 Å². The number of hydrogen-bond donors (Lipinski definition) is 2. The van der Waals surface area contributed by atoms with E-state index in [4.69, 9.17) is 9.84 Å². The van der Waals surface area contributed by atoms with Gasteiger partial charge in [-0.15, -0.1) is 0 Å². The quantitative estimate of drug-likeness (QED) is 0.876. The number of aromatic carboxylic acids is 1. The maximum atomic E-state index is 13.3. The van der Waals surface area contributed by atoms with Gasteiger partial charge in [-0.2, -0.15) is 0 Å². The van der Waals surface area contributed by atoms with E-state index in [0.717, 1.165) is 12.1 Å². The fourth-order valence-electron chi connectivity index (χ4n) is 2.16. The van der Waals surface area contributed by atoms with Gasteiger partial charge in [-0.3, -0.25) is 0 Å². The smallest absolute Gasteiger partial charge is 0.338 e. The number of halogens is 1. The molecule has 1 heterocycles. The summed E-state index contributed by atoms with van der Waals surface area (Å²) in [6, 6.07) is 3.07. The zero-order chi connectivity index (χ0) is 15.6. The predicted molar refractivity (Wildman–Crippen MR) is 74.0 cm³/mol. The van der Waals surface area contributed by atoms with Gasteiger partial charge in [0.05, 0.1) is 24.3 Å². The molecule has 1 fully saturated rings. The number of morpholine rings is 1. The highest BCUT2D eigenvalue weighted by Crippen LogP contribution is 2.19. The molecule has 0 spiro atoms. The van der Waals surface area contributed by atoms with Crippen molar-refractivity contribution < 1.29 is 23.8 Å². The Kier molecular flexibility index (Phi) is 4.13. The lowest BCUT2D eigenvalue weighted by molar-refractivity contribution is -0.0720. The van der Waals surface area contributed by atoms with Crippen LogP contribution in [0.3, 0.4) is 0 Å². The van der Waals surface area contributed by atoms with Crippen molar-refractivity contribution in [2.24, 2.45) is 0 Å². The van der Waals surface area contributed by atoms with Crippen molar-refractivity contribution in [1.29, 1.82) is 0 Å². The highest BCUT2D eigenvalue weighted by Gasteiger charge is 2.30. The third-order valence-corrected chi connectivity index (χ3v) is 3.16. The van der Waals surface area contributed by atoms with Crippen LogP contribution in [0, 0.1) is 5.82 Å². The fourth-order valence-corrected chi connectivity index (χ4v) is 2.16. The molecule has 0 saturated carbocycles. The molecule has 0 radical (unpaired) electrons. The number of urea groups is 1. The fraction of sp³-hybridized carbons (Fsp3) is 0.429. The lowest BCUT2D eigenvalue weighted by Gasteiger charge is -2.38. The zero-order valence-corrected chi connectivity index (χ0v) is 11.9. The van der Waals surface area contributed by atoms with E-state index in [1.165, 1.54) is 6.07 Å². The summed E-state index contributed by atoms with van der Waals surface area (Å²) in [6.45, 7) is 5.07. The first kappa shape index (κ1) is 15.2. The topological polar surface area (TPSA) is 78.9 Å². The lowest BCUT2D eigenvalue weighted by atomic mass is 10.1. The molecule has 0 unspecified atom stereocenters. The second-order valence-electron chi connectivity index (χ2n) is 5.46. The SMILES string of the molecule is CC1(C)CN(C(=O)Nc2ccc(F)c(C(=O)O)c2)CCO1. The minimum Gasteiger partial charge on any atom is -0.478 e. The molecule has 1 aliphatic rings. The number of carbonyl (C=O) groups excluding carboxylic acids is 1. The van der Waals surface area contributed by atoms with Crippen LogP contribution in [-0.2, 0) is 4.74 Å². The average molecular weight is 296 g/mol. The summed E-state index contributed by atoms with van der Waals surface area (Å²) in [5.41, 5.74) is -0.664. The summed E-state index contributed by atoms with van der Waals surface area (Å²) < 4.78 is 18.8. The van der Waals surface area contributed by atoms with Crippen LogP contribution >= 0.6 is 0 Å². The first-order valence-corrected chi connectivity index (χ1v) is 6.51. The van der Waals surface area contributed by atoms with Gasteiger partial charge in [-0.25, -0.2) is 14.0 Å². The Morgan fingerprint density at radius 2 is 2.14 bits per heavy atom. The van der Waals surface area contributed by atoms with E-state index in [-0.39, 0.29) is 11.7 Å². The maximum Gasteiger partial charge on any atom is 0.338 e. The standard InChI is InChI=1S/C14H17FN2O4/c1-14(2)8-17(5-6-21-14)13(20)16-9-3-4-11(15)10(7-9)12(18)19/h3-4,7H,5-6,8H2,1-2H3,(H,16,20)(H,18,19). The number of benzene rings is 1. The van der Waals surface area contributed by atoms with Crippen molar-refractivity contribution in [3.8, 4) is 0 Å². The number of hydrogen-bond acceptors (Lipinski definition) is 3. The molecule has 0 aromatic heterocycles. The highest BCUT2D eigenvalue weighted by molar-refractivity contribution is 5.93. The van der Waals surface area contributed by atoms with E-state index < -0.39 is 23.0 Å². The van der Waals surface area contributed by atoms with Crippen LogP contribution in [0.1, 0.15) is 24.2 Å². The molecule has 1 aromatic rings. The van der Waals surface area contributed by atoms with Crippen LogP contribution in [0.5, 0.6) is 0 Å². The van der Waals surface area contributed by atoms with Gasteiger partial charge < -0.3 is 20.1 Å². The largest absolute Gasteiger partial charge is 0.478 e. The van der Waals surface area contributed by atoms with E-state index in [1.807, 2.05) is 13.8 Å². The molecule has 1 aliphatic heterocycles. The number of anilines is 1. The Balaban J connectivity index is 2.09. The van der Waals surface area contributed by atoms with E-state index >= 15 is 0 Å². The second kappa shape index (κ2) is 5.69. The maximum absolute atomic E-state index is 13.3. The number of amides is 2. The van der Waals surface area contributed by atoms with Crippen molar-refractivity contribution in [2.75, 3.05) is 25.0 Å². The summed E-state index contributed by atoms with van der Waals surface area (Å²) >= 11 is 0. The average Bonchev–Trinajstić information content (AvgIpc) is 2.39. The molecular formula is C14H17FN2O4. The van der Waals surface area contributed by atoms with Gasteiger partial charge in [0.1, 0.15) is 5.82 Å². The molecule has 0 atom stereocenters. The van der Waals surface area contributed by atoms with Crippen LogP contribution in [0.4, 0.5) is 14.9 Å². The molecule has 2 rings (SSSR count). The van der Waals surface area contributed by atoms with E-state index in [0.29, 0.717) is 19.7 Å². The number of ether oxygens (including phenoxy) is 1. The summed E-state index contributed by atoms with van der Waals surface area (Å²) in [5.74, 6) is -2.22. The molecule has 1 aromatic carbocycles. The number of carboxylic acid groups (broad SMARTS) is 1. The first-order chi connectivity index (χ1) is 9.78. The highest BCUT2D eigenvalue weighted by atomic mass is 19.1. The number of rotatable bonds is 2.